The van der Waals surface area contributed by atoms with Crippen molar-refractivity contribution in [3.05, 3.63) is 29.8 Å². The van der Waals surface area contributed by atoms with Gasteiger partial charge in [-0.2, -0.15) is 5.26 Å². The maximum absolute atomic E-state index is 12.2. The van der Waals surface area contributed by atoms with Gasteiger partial charge in [-0.15, -0.1) is 0 Å². The molecular formula is C15H20N4O. The second kappa shape index (κ2) is 6.40. The van der Waals surface area contributed by atoms with Crippen LogP contribution in [0.4, 0.5) is 10.5 Å². The highest BCUT2D eigenvalue weighted by Crippen LogP contribution is 2.27. The Morgan fingerprint density at radius 2 is 2.15 bits per heavy atom. The summed E-state index contributed by atoms with van der Waals surface area (Å²) in [7, 11) is 0. The topological polar surface area (TPSA) is 82.2 Å². The van der Waals surface area contributed by atoms with Gasteiger partial charge in [0.25, 0.3) is 0 Å². The van der Waals surface area contributed by atoms with Gasteiger partial charge in [-0.05, 0) is 37.5 Å². The Bertz CT molecular complexity index is 500. The van der Waals surface area contributed by atoms with Gasteiger partial charge in [0, 0.05) is 24.3 Å². The number of carbonyl (C=O) groups excluding carboxylic acids is 1. The van der Waals surface area contributed by atoms with E-state index >= 15 is 0 Å². The highest BCUT2D eigenvalue weighted by Gasteiger charge is 2.32. The monoisotopic (exact) mass is 272 g/mol. The molecule has 1 unspecified atom stereocenters. The normalized spacial score (nSPS) is 15.2. The molecule has 1 aliphatic carbocycles. The minimum atomic E-state index is -0.128. The first-order valence-corrected chi connectivity index (χ1v) is 6.92. The molecule has 0 heterocycles. The molecule has 1 aromatic carbocycles. The first-order valence-electron chi connectivity index (χ1n) is 6.92. The summed E-state index contributed by atoms with van der Waals surface area (Å²) in [4.78, 5) is 14.0. The standard InChI is InChI=1S/C15H20N4O/c1-11(17)12-3-5-13(6-4-12)18-15(20)19(10-2-9-16)14-7-8-14/h3-6,11,14H,2,7-8,10,17H2,1H3,(H,18,20). The smallest absolute Gasteiger partial charge is 0.322 e. The minimum Gasteiger partial charge on any atom is -0.324 e. The summed E-state index contributed by atoms with van der Waals surface area (Å²) in [5, 5.41) is 11.5. The maximum atomic E-state index is 12.2. The maximum Gasteiger partial charge on any atom is 0.322 e. The Labute approximate surface area is 119 Å². The van der Waals surface area contributed by atoms with Gasteiger partial charge in [0.2, 0.25) is 0 Å². The van der Waals surface area contributed by atoms with Crippen molar-refractivity contribution in [2.45, 2.75) is 38.3 Å². The van der Waals surface area contributed by atoms with Gasteiger partial charge >= 0.3 is 6.03 Å². The number of benzene rings is 1. The van der Waals surface area contributed by atoms with Crippen molar-refractivity contribution in [1.29, 1.82) is 5.26 Å². The molecule has 1 aliphatic rings. The van der Waals surface area contributed by atoms with Crippen molar-refractivity contribution in [3.63, 3.8) is 0 Å². The van der Waals surface area contributed by atoms with E-state index < -0.39 is 0 Å². The lowest BCUT2D eigenvalue weighted by atomic mass is 10.1. The molecule has 0 aromatic heterocycles. The fourth-order valence-corrected chi connectivity index (χ4v) is 2.07. The number of amides is 2. The first-order chi connectivity index (χ1) is 9.61. The van der Waals surface area contributed by atoms with E-state index in [-0.39, 0.29) is 12.1 Å². The lowest BCUT2D eigenvalue weighted by Gasteiger charge is -2.21. The Hall–Kier alpha value is -2.06. The summed E-state index contributed by atoms with van der Waals surface area (Å²) < 4.78 is 0. The van der Waals surface area contributed by atoms with E-state index in [9.17, 15) is 4.79 Å². The lowest BCUT2D eigenvalue weighted by Crippen LogP contribution is -2.37. The summed E-state index contributed by atoms with van der Waals surface area (Å²) in [6.07, 6.45) is 2.43. The van der Waals surface area contributed by atoms with Crippen molar-refractivity contribution >= 4 is 11.7 Å². The SMILES string of the molecule is CC(N)c1ccc(NC(=O)N(CCC#N)C2CC2)cc1. The van der Waals surface area contributed by atoms with Crippen LogP contribution in [0.5, 0.6) is 0 Å². The van der Waals surface area contributed by atoms with Crippen molar-refractivity contribution in [3.8, 4) is 6.07 Å². The van der Waals surface area contributed by atoms with Crippen LogP contribution in [0.15, 0.2) is 24.3 Å². The molecule has 5 heteroatoms. The number of nitrogens with one attached hydrogen (secondary N) is 1. The van der Waals surface area contributed by atoms with Crippen LogP contribution in [-0.2, 0) is 0 Å². The van der Waals surface area contributed by atoms with E-state index in [4.69, 9.17) is 11.0 Å². The zero-order chi connectivity index (χ0) is 14.5. The van der Waals surface area contributed by atoms with Crippen molar-refractivity contribution in [2.75, 3.05) is 11.9 Å². The molecule has 1 atom stereocenters. The summed E-state index contributed by atoms with van der Waals surface area (Å²) in [5.41, 5.74) is 7.58. The van der Waals surface area contributed by atoms with Crippen molar-refractivity contribution in [2.24, 2.45) is 5.73 Å². The minimum absolute atomic E-state index is 0.0154. The van der Waals surface area contributed by atoms with Crippen LogP contribution < -0.4 is 11.1 Å². The highest BCUT2D eigenvalue weighted by molar-refractivity contribution is 5.89. The number of rotatable bonds is 5. The third kappa shape index (κ3) is 3.72. The number of hydrogen-bond donors (Lipinski definition) is 2. The van der Waals surface area contributed by atoms with Gasteiger partial charge in [0.15, 0.2) is 0 Å². The third-order valence-corrected chi connectivity index (χ3v) is 3.40. The van der Waals surface area contributed by atoms with Gasteiger partial charge < -0.3 is 16.0 Å². The third-order valence-electron chi connectivity index (χ3n) is 3.40. The predicted molar refractivity (Wildman–Crippen MR) is 78.0 cm³/mol. The van der Waals surface area contributed by atoms with Gasteiger partial charge in [-0.25, -0.2) is 4.79 Å². The fraction of sp³-hybridized carbons (Fsp3) is 0.467. The predicted octanol–water partition coefficient (Wildman–Crippen LogP) is 2.62. The molecule has 1 aromatic rings. The fourth-order valence-electron chi connectivity index (χ4n) is 2.07. The van der Waals surface area contributed by atoms with E-state index in [1.807, 2.05) is 31.2 Å². The number of nitriles is 1. The first kappa shape index (κ1) is 14.4. The number of nitrogens with two attached hydrogens (primary N) is 1. The van der Waals surface area contributed by atoms with Crippen LogP contribution in [0.2, 0.25) is 0 Å². The average molecular weight is 272 g/mol. The average Bonchev–Trinajstić information content (AvgIpc) is 3.24. The Morgan fingerprint density at radius 3 is 2.65 bits per heavy atom. The number of urea groups is 1. The van der Waals surface area contributed by atoms with Crippen molar-refractivity contribution < 1.29 is 4.79 Å². The Morgan fingerprint density at radius 1 is 1.50 bits per heavy atom. The zero-order valence-corrected chi connectivity index (χ0v) is 11.7. The number of nitrogens with zero attached hydrogens (tertiary/aromatic N) is 2. The van der Waals surface area contributed by atoms with Crippen LogP contribution >= 0.6 is 0 Å². The van der Waals surface area contributed by atoms with Crippen LogP contribution in [0.3, 0.4) is 0 Å². The molecule has 106 valence electrons. The van der Waals surface area contributed by atoms with Crippen molar-refractivity contribution in [1.82, 2.24) is 4.90 Å². The van der Waals surface area contributed by atoms with E-state index in [1.165, 1.54) is 0 Å². The molecule has 0 radical (unpaired) electrons. The Balaban J connectivity index is 1.97. The van der Waals surface area contributed by atoms with E-state index in [2.05, 4.69) is 11.4 Å². The summed E-state index contributed by atoms with van der Waals surface area (Å²) >= 11 is 0. The van der Waals surface area contributed by atoms with Gasteiger partial charge in [-0.3, -0.25) is 0 Å². The molecule has 0 spiro atoms. The quantitative estimate of drug-likeness (QED) is 0.864. The summed E-state index contributed by atoms with van der Waals surface area (Å²) in [6, 6.07) is 9.77. The zero-order valence-electron chi connectivity index (χ0n) is 11.7. The largest absolute Gasteiger partial charge is 0.324 e. The molecule has 3 N–H and O–H groups in total. The van der Waals surface area contributed by atoms with Crippen LogP contribution in [0.1, 0.15) is 37.8 Å². The molecule has 0 aliphatic heterocycles. The van der Waals surface area contributed by atoms with Crippen LogP contribution in [0.25, 0.3) is 0 Å². The molecule has 1 fully saturated rings. The van der Waals surface area contributed by atoms with Crippen LogP contribution in [0, 0.1) is 11.3 Å². The Kier molecular flexibility index (Phi) is 4.59. The molecular weight excluding hydrogens is 252 g/mol. The molecule has 2 rings (SSSR count). The molecule has 5 nitrogen and oxygen atoms in total. The number of carbonyl (C=O) groups is 1. The molecule has 0 bridgehead atoms. The lowest BCUT2D eigenvalue weighted by molar-refractivity contribution is 0.210. The molecule has 0 saturated heterocycles. The van der Waals surface area contributed by atoms with E-state index in [0.717, 1.165) is 24.1 Å². The molecule has 1 saturated carbocycles. The van der Waals surface area contributed by atoms with Gasteiger partial charge in [0.1, 0.15) is 0 Å². The summed E-state index contributed by atoms with van der Waals surface area (Å²) in [6.45, 7) is 2.41. The van der Waals surface area contributed by atoms with Gasteiger partial charge in [-0.1, -0.05) is 12.1 Å². The van der Waals surface area contributed by atoms with Gasteiger partial charge in [0.05, 0.1) is 12.5 Å². The van der Waals surface area contributed by atoms with E-state index in [1.54, 1.807) is 4.90 Å². The molecule has 20 heavy (non-hydrogen) atoms. The van der Waals surface area contributed by atoms with E-state index in [0.29, 0.717) is 19.0 Å². The molecule has 2 amide bonds. The number of hydrogen-bond acceptors (Lipinski definition) is 3. The highest BCUT2D eigenvalue weighted by atomic mass is 16.2. The van der Waals surface area contributed by atoms with Crippen LogP contribution in [-0.4, -0.2) is 23.5 Å². The second-order valence-electron chi connectivity index (χ2n) is 5.17. The number of anilines is 1. The second-order valence-corrected chi connectivity index (χ2v) is 5.17. The summed E-state index contributed by atoms with van der Waals surface area (Å²) in [5.74, 6) is 0.